The number of sulfonamides is 1. The molecule has 1 saturated carbocycles. The van der Waals surface area contributed by atoms with Crippen molar-refractivity contribution in [2.45, 2.75) is 44.9 Å². The third kappa shape index (κ3) is 5.51. The summed E-state index contributed by atoms with van der Waals surface area (Å²) in [6.07, 6.45) is 7.80. The second kappa shape index (κ2) is 8.46. The first-order chi connectivity index (χ1) is 10.1. The number of hydrogen-bond donors (Lipinski definition) is 1. The molecule has 0 amide bonds. The Kier molecular flexibility index (Phi) is 6.92. The van der Waals surface area contributed by atoms with Crippen LogP contribution in [-0.4, -0.2) is 62.6 Å². The molecular weight excluding hydrogens is 286 g/mol. The molecule has 2 rings (SSSR count). The number of nitrogens with two attached hydrogens (primary N) is 1. The van der Waals surface area contributed by atoms with Crippen LogP contribution < -0.4 is 5.73 Å². The normalized spacial score (nSPS) is 24.0. The number of rotatable bonds is 6. The smallest absolute Gasteiger partial charge is 0.214 e. The van der Waals surface area contributed by atoms with E-state index in [1.54, 1.807) is 4.31 Å². The average Bonchev–Trinajstić information content (AvgIpc) is 2.72. The first-order valence-corrected chi connectivity index (χ1v) is 10.1. The highest BCUT2D eigenvalue weighted by Gasteiger charge is 2.28. The summed E-state index contributed by atoms with van der Waals surface area (Å²) in [7, 11) is -3.07. The van der Waals surface area contributed by atoms with Crippen LogP contribution in [0.15, 0.2) is 0 Å². The van der Waals surface area contributed by atoms with Gasteiger partial charge >= 0.3 is 0 Å². The van der Waals surface area contributed by atoms with Gasteiger partial charge in [0.2, 0.25) is 10.0 Å². The molecular formula is C15H31N3O2S. The number of hydrogen-bond acceptors (Lipinski definition) is 4. The fourth-order valence-electron chi connectivity index (χ4n) is 3.52. The summed E-state index contributed by atoms with van der Waals surface area (Å²) in [4.78, 5) is 2.35. The van der Waals surface area contributed by atoms with Crippen LogP contribution in [0.2, 0.25) is 0 Å². The van der Waals surface area contributed by atoms with Gasteiger partial charge in [0.05, 0.1) is 5.75 Å². The predicted molar refractivity (Wildman–Crippen MR) is 86.7 cm³/mol. The standard InChI is InChI=1S/C15H31N3O2S/c16-8-4-9-17-10-5-11-18(13-12-17)21(19,20)14-15-6-2-1-3-7-15/h15H,1-14,16H2. The average molecular weight is 317 g/mol. The molecule has 0 atom stereocenters. The third-order valence-corrected chi connectivity index (χ3v) is 6.83. The van der Waals surface area contributed by atoms with Gasteiger partial charge in [0, 0.05) is 19.6 Å². The van der Waals surface area contributed by atoms with Crippen LogP contribution in [0.3, 0.4) is 0 Å². The van der Waals surface area contributed by atoms with Gasteiger partial charge in [-0.3, -0.25) is 0 Å². The fourth-order valence-corrected chi connectivity index (χ4v) is 5.43. The molecule has 0 aromatic rings. The van der Waals surface area contributed by atoms with Gasteiger partial charge < -0.3 is 10.6 Å². The van der Waals surface area contributed by atoms with Crippen LogP contribution in [0.1, 0.15) is 44.9 Å². The third-order valence-electron chi connectivity index (χ3n) is 4.79. The molecule has 0 bridgehead atoms. The van der Waals surface area contributed by atoms with E-state index < -0.39 is 10.0 Å². The molecule has 0 aromatic carbocycles. The van der Waals surface area contributed by atoms with Crippen molar-refractivity contribution >= 4 is 10.0 Å². The Hall–Kier alpha value is -0.170. The van der Waals surface area contributed by atoms with E-state index >= 15 is 0 Å². The Morgan fingerprint density at radius 2 is 1.71 bits per heavy atom. The summed E-state index contributed by atoms with van der Waals surface area (Å²) in [5.74, 6) is 0.760. The fraction of sp³-hybridized carbons (Fsp3) is 1.00. The quantitative estimate of drug-likeness (QED) is 0.801. The Morgan fingerprint density at radius 3 is 2.43 bits per heavy atom. The summed E-state index contributed by atoms with van der Waals surface area (Å²) in [6.45, 7) is 4.89. The molecule has 1 saturated heterocycles. The molecule has 2 fully saturated rings. The summed E-state index contributed by atoms with van der Waals surface area (Å²) in [6, 6.07) is 0. The minimum absolute atomic E-state index is 0.371. The van der Waals surface area contributed by atoms with Crippen LogP contribution in [0, 0.1) is 5.92 Å². The maximum atomic E-state index is 12.6. The van der Waals surface area contributed by atoms with Gasteiger partial charge in [-0.2, -0.15) is 0 Å². The lowest BCUT2D eigenvalue weighted by molar-refractivity contribution is 0.284. The van der Waals surface area contributed by atoms with Gasteiger partial charge in [0.25, 0.3) is 0 Å². The van der Waals surface area contributed by atoms with Crippen molar-refractivity contribution < 1.29 is 8.42 Å². The maximum Gasteiger partial charge on any atom is 0.214 e. The predicted octanol–water partition coefficient (Wildman–Crippen LogP) is 1.25. The van der Waals surface area contributed by atoms with Crippen LogP contribution in [0.5, 0.6) is 0 Å². The highest BCUT2D eigenvalue weighted by Crippen LogP contribution is 2.26. The zero-order chi connectivity index (χ0) is 15.1. The van der Waals surface area contributed by atoms with E-state index in [0.29, 0.717) is 31.3 Å². The lowest BCUT2D eigenvalue weighted by Crippen LogP contribution is -2.38. The van der Waals surface area contributed by atoms with E-state index in [2.05, 4.69) is 4.90 Å². The topological polar surface area (TPSA) is 66.6 Å². The van der Waals surface area contributed by atoms with E-state index in [1.807, 2.05) is 0 Å². The lowest BCUT2D eigenvalue weighted by atomic mass is 9.91. The van der Waals surface area contributed by atoms with E-state index in [1.165, 1.54) is 19.3 Å². The van der Waals surface area contributed by atoms with Crippen molar-refractivity contribution in [2.24, 2.45) is 11.7 Å². The van der Waals surface area contributed by atoms with Crippen molar-refractivity contribution in [3.63, 3.8) is 0 Å². The molecule has 21 heavy (non-hydrogen) atoms. The van der Waals surface area contributed by atoms with E-state index in [9.17, 15) is 8.42 Å². The van der Waals surface area contributed by atoms with Crippen LogP contribution >= 0.6 is 0 Å². The van der Waals surface area contributed by atoms with Crippen molar-refractivity contribution in [3.05, 3.63) is 0 Å². The molecule has 2 aliphatic rings. The van der Waals surface area contributed by atoms with Crippen molar-refractivity contribution in [3.8, 4) is 0 Å². The highest BCUT2D eigenvalue weighted by atomic mass is 32.2. The van der Waals surface area contributed by atoms with Gasteiger partial charge in [-0.25, -0.2) is 12.7 Å². The summed E-state index contributed by atoms with van der Waals surface area (Å²) < 4.78 is 27.0. The maximum absolute atomic E-state index is 12.6. The molecule has 1 aliphatic heterocycles. The molecule has 5 nitrogen and oxygen atoms in total. The highest BCUT2D eigenvalue weighted by molar-refractivity contribution is 7.89. The van der Waals surface area contributed by atoms with Gasteiger partial charge in [-0.05, 0) is 51.2 Å². The van der Waals surface area contributed by atoms with Crippen LogP contribution in [-0.2, 0) is 10.0 Å². The summed E-state index contributed by atoms with van der Waals surface area (Å²) in [5.41, 5.74) is 5.55. The Bertz CT molecular complexity index is 394. The van der Waals surface area contributed by atoms with Gasteiger partial charge in [0.15, 0.2) is 0 Å². The summed E-state index contributed by atoms with van der Waals surface area (Å²) >= 11 is 0. The zero-order valence-electron chi connectivity index (χ0n) is 13.2. The monoisotopic (exact) mass is 317 g/mol. The molecule has 2 N–H and O–H groups in total. The van der Waals surface area contributed by atoms with Crippen molar-refractivity contribution in [2.75, 3.05) is 45.0 Å². The largest absolute Gasteiger partial charge is 0.330 e. The zero-order valence-corrected chi connectivity index (χ0v) is 14.0. The molecule has 124 valence electrons. The van der Waals surface area contributed by atoms with E-state index in [-0.39, 0.29) is 0 Å². The molecule has 1 aliphatic carbocycles. The lowest BCUT2D eigenvalue weighted by Gasteiger charge is -2.26. The second-order valence-corrected chi connectivity index (χ2v) is 8.53. The van der Waals surface area contributed by atoms with E-state index in [4.69, 9.17) is 5.73 Å². The Balaban J connectivity index is 1.84. The second-order valence-electron chi connectivity index (χ2n) is 6.52. The Morgan fingerprint density at radius 1 is 0.952 bits per heavy atom. The van der Waals surface area contributed by atoms with Crippen molar-refractivity contribution in [1.29, 1.82) is 0 Å². The van der Waals surface area contributed by atoms with Crippen LogP contribution in [0.25, 0.3) is 0 Å². The molecule has 0 aromatic heterocycles. The van der Waals surface area contributed by atoms with Crippen molar-refractivity contribution in [1.82, 2.24) is 9.21 Å². The first kappa shape index (κ1) is 17.2. The molecule has 0 radical (unpaired) electrons. The molecule has 6 heteroatoms. The summed E-state index contributed by atoms with van der Waals surface area (Å²) in [5, 5.41) is 0. The van der Waals surface area contributed by atoms with Crippen LogP contribution in [0.4, 0.5) is 0 Å². The number of nitrogens with zero attached hydrogens (tertiary/aromatic N) is 2. The van der Waals surface area contributed by atoms with Gasteiger partial charge in [0.1, 0.15) is 0 Å². The van der Waals surface area contributed by atoms with E-state index in [0.717, 1.165) is 45.3 Å². The SMILES string of the molecule is NCCCN1CCCN(S(=O)(=O)CC2CCCCC2)CC1. The first-order valence-electron chi connectivity index (χ1n) is 8.52. The van der Waals surface area contributed by atoms with Gasteiger partial charge in [-0.15, -0.1) is 0 Å². The molecule has 0 spiro atoms. The molecule has 1 heterocycles. The van der Waals surface area contributed by atoms with Gasteiger partial charge in [-0.1, -0.05) is 19.3 Å². The minimum Gasteiger partial charge on any atom is -0.330 e. The Labute approximate surface area is 129 Å². The molecule has 0 unspecified atom stereocenters. The minimum atomic E-state index is -3.07.